The summed E-state index contributed by atoms with van der Waals surface area (Å²) < 4.78 is 0. The van der Waals surface area contributed by atoms with Crippen LogP contribution in [-0.2, 0) is 16.0 Å². The van der Waals surface area contributed by atoms with Gasteiger partial charge in [0.1, 0.15) is 0 Å². The van der Waals surface area contributed by atoms with Crippen LogP contribution in [0, 0.1) is 15.5 Å². The summed E-state index contributed by atoms with van der Waals surface area (Å²) in [4.78, 5) is 42.2. The van der Waals surface area contributed by atoms with Gasteiger partial charge in [0, 0.05) is 30.8 Å². The van der Waals surface area contributed by atoms with Gasteiger partial charge in [0.2, 0.25) is 5.91 Å². The number of nitro benzene ring substituents is 1. The monoisotopic (exact) mass is 450 g/mol. The third kappa shape index (κ3) is 2.99. The van der Waals surface area contributed by atoms with E-state index in [2.05, 4.69) is 10.2 Å². The van der Waals surface area contributed by atoms with Gasteiger partial charge in [-0.2, -0.15) is 0 Å². The second-order valence-corrected chi connectivity index (χ2v) is 8.90. The number of rotatable bonds is 2. The number of nitrogens with zero attached hydrogens (tertiary/aromatic N) is 3. The molecule has 8 nitrogen and oxygen atoms in total. The van der Waals surface area contributed by atoms with Gasteiger partial charge in [0.25, 0.3) is 11.6 Å². The zero-order valence-electron chi connectivity index (χ0n) is 17.3. The van der Waals surface area contributed by atoms with Crippen LogP contribution in [0.1, 0.15) is 31.2 Å². The molecule has 2 aromatic carbocycles. The Balaban J connectivity index is 1.69. The summed E-state index contributed by atoms with van der Waals surface area (Å²) in [6, 6.07) is 13.4. The summed E-state index contributed by atoms with van der Waals surface area (Å²) in [5.41, 5.74) is 0.637. The molecule has 0 bridgehead atoms. The lowest BCUT2D eigenvalue weighted by Crippen LogP contribution is -2.72. The van der Waals surface area contributed by atoms with E-state index in [1.165, 1.54) is 17.0 Å². The molecule has 3 aliphatic heterocycles. The molecular formula is C23H22N4O4S. The van der Waals surface area contributed by atoms with E-state index in [1.807, 2.05) is 18.2 Å². The Morgan fingerprint density at radius 1 is 1.09 bits per heavy atom. The summed E-state index contributed by atoms with van der Waals surface area (Å²) >= 11 is 5.39. The molecule has 32 heavy (non-hydrogen) atoms. The average Bonchev–Trinajstić information content (AvgIpc) is 3.04. The predicted molar refractivity (Wildman–Crippen MR) is 124 cm³/mol. The Hall–Kier alpha value is -3.33. The first-order valence-corrected chi connectivity index (χ1v) is 11.1. The Labute approximate surface area is 190 Å². The maximum Gasteiger partial charge on any atom is 0.269 e. The van der Waals surface area contributed by atoms with Crippen LogP contribution in [0.2, 0.25) is 0 Å². The van der Waals surface area contributed by atoms with Crippen LogP contribution in [-0.4, -0.2) is 34.4 Å². The smallest absolute Gasteiger partial charge is 0.269 e. The maximum atomic E-state index is 14.1. The van der Waals surface area contributed by atoms with Crippen LogP contribution in [0.15, 0.2) is 48.5 Å². The molecule has 9 heteroatoms. The van der Waals surface area contributed by atoms with Crippen LogP contribution < -0.4 is 15.1 Å². The molecule has 164 valence electrons. The number of carbonyl (C=O) groups is 2. The highest BCUT2D eigenvalue weighted by Gasteiger charge is 2.61. The molecule has 2 saturated heterocycles. The molecule has 3 heterocycles. The molecule has 0 radical (unpaired) electrons. The quantitative estimate of drug-likeness (QED) is 0.326. The Bertz CT molecular complexity index is 1140. The zero-order chi connectivity index (χ0) is 22.5. The number of thiocarbonyl (C=S) groups is 1. The van der Waals surface area contributed by atoms with Gasteiger partial charge in [-0.15, -0.1) is 0 Å². The van der Waals surface area contributed by atoms with Crippen LogP contribution >= 0.6 is 12.2 Å². The summed E-state index contributed by atoms with van der Waals surface area (Å²) in [6.07, 6.45) is 3.62. The molecule has 1 spiro atoms. The van der Waals surface area contributed by atoms with Gasteiger partial charge >= 0.3 is 0 Å². The topological polar surface area (TPSA) is 95.8 Å². The summed E-state index contributed by atoms with van der Waals surface area (Å²) in [6.45, 7) is 0.688. The lowest BCUT2D eigenvalue weighted by Gasteiger charge is -2.52. The lowest BCUT2D eigenvalue weighted by atomic mass is 9.67. The molecule has 3 aliphatic rings. The van der Waals surface area contributed by atoms with Crippen molar-refractivity contribution >= 4 is 46.2 Å². The molecule has 2 aromatic rings. The van der Waals surface area contributed by atoms with Gasteiger partial charge in [0.15, 0.2) is 10.5 Å². The standard InChI is InChI=1S/C23H22N4O4S/c28-20-23(21(29)26(22(32)24-20)16-7-3-1-4-8-16)14-15-13-17(27(30)31)10-11-18(15)25-12-6-2-5-9-19(23)25/h1,3-4,7-8,10-11,13,19H,2,5-6,9,12,14H2,(H,24,28,32). The van der Waals surface area contributed by atoms with Crippen molar-refractivity contribution in [1.82, 2.24) is 5.32 Å². The number of benzene rings is 2. The summed E-state index contributed by atoms with van der Waals surface area (Å²) in [7, 11) is 0. The predicted octanol–water partition coefficient (Wildman–Crippen LogP) is 3.33. The molecule has 0 saturated carbocycles. The van der Waals surface area contributed by atoms with Crippen molar-refractivity contribution in [3.63, 3.8) is 0 Å². The van der Waals surface area contributed by atoms with E-state index >= 15 is 0 Å². The van der Waals surface area contributed by atoms with Crippen molar-refractivity contribution in [3.05, 3.63) is 64.2 Å². The Kier molecular flexibility index (Phi) is 4.93. The highest BCUT2D eigenvalue weighted by molar-refractivity contribution is 7.80. The van der Waals surface area contributed by atoms with E-state index in [0.717, 1.165) is 24.9 Å². The SMILES string of the molecule is O=C1NC(=S)N(c2ccccc2)C(=O)C12Cc1cc([N+](=O)[O-])ccc1N1CCCCCC12. The minimum absolute atomic E-state index is 0.0497. The molecule has 5 rings (SSSR count). The first-order valence-electron chi connectivity index (χ1n) is 10.7. The number of hydrogen-bond donors (Lipinski definition) is 1. The van der Waals surface area contributed by atoms with Gasteiger partial charge in [-0.25, -0.2) is 0 Å². The second-order valence-electron chi connectivity index (χ2n) is 8.51. The van der Waals surface area contributed by atoms with Crippen LogP contribution in [0.5, 0.6) is 0 Å². The van der Waals surface area contributed by atoms with Crippen molar-refractivity contribution < 1.29 is 14.5 Å². The minimum atomic E-state index is -1.41. The number of amides is 2. The van der Waals surface area contributed by atoms with Crippen LogP contribution in [0.4, 0.5) is 17.1 Å². The van der Waals surface area contributed by atoms with E-state index in [-0.39, 0.29) is 29.2 Å². The van der Waals surface area contributed by atoms with Crippen LogP contribution in [0.25, 0.3) is 0 Å². The molecule has 1 N–H and O–H groups in total. The third-order valence-corrected chi connectivity index (χ3v) is 7.09. The van der Waals surface area contributed by atoms with Crippen molar-refractivity contribution in [3.8, 4) is 0 Å². The molecule has 2 unspecified atom stereocenters. The number of nitrogens with one attached hydrogen (secondary N) is 1. The molecule has 0 aliphatic carbocycles. The number of carbonyl (C=O) groups excluding carboxylic acids is 2. The second kappa shape index (κ2) is 7.67. The lowest BCUT2D eigenvalue weighted by molar-refractivity contribution is -0.384. The van der Waals surface area contributed by atoms with Crippen molar-refractivity contribution in [2.75, 3.05) is 16.3 Å². The maximum absolute atomic E-state index is 14.1. The number of nitro groups is 1. The fourth-order valence-corrected chi connectivity index (χ4v) is 5.63. The molecule has 2 amide bonds. The molecule has 2 atom stereocenters. The van der Waals surface area contributed by atoms with Crippen molar-refractivity contribution in [2.24, 2.45) is 5.41 Å². The number of anilines is 2. The van der Waals surface area contributed by atoms with Gasteiger partial charge in [-0.3, -0.25) is 24.6 Å². The van der Waals surface area contributed by atoms with E-state index in [1.54, 1.807) is 18.2 Å². The first-order chi connectivity index (χ1) is 15.4. The Morgan fingerprint density at radius 3 is 2.62 bits per heavy atom. The largest absolute Gasteiger partial charge is 0.367 e. The average molecular weight is 451 g/mol. The first kappa shape index (κ1) is 20.6. The van der Waals surface area contributed by atoms with Crippen molar-refractivity contribution in [1.29, 1.82) is 0 Å². The van der Waals surface area contributed by atoms with E-state index in [0.29, 0.717) is 24.2 Å². The zero-order valence-corrected chi connectivity index (χ0v) is 18.1. The summed E-state index contributed by atoms with van der Waals surface area (Å²) in [5, 5.41) is 14.3. The fraction of sp³-hybridized carbons (Fsp3) is 0.348. The highest BCUT2D eigenvalue weighted by atomic mass is 32.1. The van der Waals surface area contributed by atoms with Crippen LogP contribution in [0.3, 0.4) is 0 Å². The number of non-ortho nitro benzene ring substituents is 1. The minimum Gasteiger partial charge on any atom is -0.367 e. The third-order valence-electron chi connectivity index (χ3n) is 6.80. The molecule has 2 fully saturated rings. The van der Waals surface area contributed by atoms with Crippen molar-refractivity contribution in [2.45, 2.75) is 38.1 Å². The van der Waals surface area contributed by atoms with Gasteiger partial charge in [-0.05, 0) is 48.8 Å². The van der Waals surface area contributed by atoms with Gasteiger partial charge in [0.05, 0.1) is 16.7 Å². The highest BCUT2D eigenvalue weighted by Crippen LogP contribution is 2.48. The fourth-order valence-electron chi connectivity index (χ4n) is 5.35. The summed E-state index contributed by atoms with van der Waals surface area (Å²) in [5.74, 6) is -0.791. The van der Waals surface area contributed by atoms with E-state index in [4.69, 9.17) is 12.2 Å². The van der Waals surface area contributed by atoms with E-state index in [9.17, 15) is 19.7 Å². The van der Waals surface area contributed by atoms with Gasteiger partial charge < -0.3 is 10.2 Å². The van der Waals surface area contributed by atoms with Gasteiger partial charge in [-0.1, -0.05) is 31.0 Å². The number of para-hydroxylation sites is 1. The Morgan fingerprint density at radius 2 is 1.88 bits per heavy atom. The normalized spacial score (nSPS) is 25.1. The van der Waals surface area contributed by atoms with E-state index < -0.39 is 16.2 Å². The molecular weight excluding hydrogens is 428 g/mol. The number of hydrogen-bond acceptors (Lipinski definition) is 6. The molecule has 0 aromatic heterocycles. The number of fused-ring (bicyclic) bond motifs is 4.